The minimum Gasteiger partial charge on any atom is -0.463 e. The van der Waals surface area contributed by atoms with E-state index in [0.29, 0.717) is 24.2 Å². The van der Waals surface area contributed by atoms with E-state index in [4.69, 9.17) is 15.9 Å². The Bertz CT molecular complexity index is 681. The number of nitrogen functional groups attached to an aromatic ring is 1. The van der Waals surface area contributed by atoms with Crippen molar-refractivity contribution in [2.75, 3.05) is 19.7 Å². The summed E-state index contributed by atoms with van der Waals surface area (Å²) < 4.78 is 4.95. The van der Waals surface area contributed by atoms with Crippen molar-refractivity contribution in [1.29, 1.82) is 5.41 Å². The predicted molar refractivity (Wildman–Crippen MR) is 95.5 cm³/mol. The molecule has 1 heterocycles. The standard InChI is InChI=1S/C18H23N4O4/c1-12(23)26-11-15(18(25)22-9-3-2-4-10-22)21-17(24)14-7-5-13(6-8-14)16(19)20/h2,5-8,15H,3-4,9-11H2,1H3,(H3,19,20)(H,21,24)/t15-/m0/s1. The third-order valence-electron chi connectivity index (χ3n) is 4.03. The molecule has 0 saturated carbocycles. The number of nitrogens with one attached hydrogen (secondary N) is 2. The molecule has 0 unspecified atom stereocenters. The van der Waals surface area contributed by atoms with Gasteiger partial charge in [-0.15, -0.1) is 0 Å². The topological polar surface area (TPSA) is 126 Å². The molecule has 1 saturated heterocycles. The highest BCUT2D eigenvalue weighted by atomic mass is 16.5. The number of carbonyl (C=O) groups excluding carboxylic acids is 3. The van der Waals surface area contributed by atoms with Gasteiger partial charge in [0.05, 0.1) is 0 Å². The van der Waals surface area contributed by atoms with E-state index in [1.54, 1.807) is 17.0 Å². The van der Waals surface area contributed by atoms with Crippen molar-refractivity contribution in [1.82, 2.24) is 10.2 Å². The molecule has 1 radical (unpaired) electrons. The van der Waals surface area contributed by atoms with Crippen LogP contribution in [-0.4, -0.2) is 54.3 Å². The zero-order valence-electron chi connectivity index (χ0n) is 14.7. The highest BCUT2D eigenvalue weighted by Crippen LogP contribution is 2.10. The van der Waals surface area contributed by atoms with Crippen molar-refractivity contribution < 1.29 is 19.1 Å². The highest BCUT2D eigenvalue weighted by Gasteiger charge is 2.28. The average molecular weight is 359 g/mol. The van der Waals surface area contributed by atoms with Gasteiger partial charge in [-0.25, -0.2) is 0 Å². The number of amides is 2. The van der Waals surface area contributed by atoms with Gasteiger partial charge < -0.3 is 20.7 Å². The highest BCUT2D eigenvalue weighted by molar-refractivity contribution is 5.99. The van der Waals surface area contributed by atoms with Crippen LogP contribution in [0.25, 0.3) is 0 Å². The molecule has 2 rings (SSSR count). The number of benzene rings is 1. The number of hydrogen-bond donors (Lipinski definition) is 3. The molecule has 8 nitrogen and oxygen atoms in total. The normalized spacial score (nSPS) is 15.0. The van der Waals surface area contributed by atoms with E-state index in [1.807, 2.05) is 0 Å². The van der Waals surface area contributed by atoms with Crippen LogP contribution in [0.3, 0.4) is 0 Å². The van der Waals surface area contributed by atoms with E-state index in [1.165, 1.54) is 19.1 Å². The van der Waals surface area contributed by atoms with Crippen molar-refractivity contribution in [3.05, 3.63) is 41.8 Å². The maximum absolute atomic E-state index is 12.7. The zero-order valence-corrected chi connectivity index (χ0v) is 14.7. The summed E-state index contributed by atoms with van der Waals surface area (Å²) in [6, 6.07) is 5.21. The van der Waals surface area contributed by atoms with Gasteiger partial charge in [0.1, 0.15) is 18.5 Å². The second kappa shape index (κ2) is 8.98. The average Bonchev–Trinajstić information content (AvgIpc) is 2.65. The van der Waals surface area contributed by atoms with Crippen LogP contribution >= 0.6 is 0 Å². The first-order valence-electron chi connectivity index (χ1n) is 8.37. The molecule has 0 bridgehead atoms. The maximum atomic E-state index is 12.7. The van der Waals surface area contributed by atoms with Crippen LogP contribution in [0.4, 0.5) is 0 Å². The van der Waals surface area contributed by atoms with Crippen LogP contribution in [0, 0.1) is 11.8 Å². The lowest BCUT2D eigenvalue weighted by Gasteiger charge is -2.30. The summed E-state index contributed by atoms with van der Waals surface area (Å²) in [5.41, 5.74) is 6.21. The lowest BCUT2D eigenvalue weighted by atomic mass is 10.1. The molecule has 0 aromatic heterocycles. The number of esters is 1. The van der Waals surface area contributed by atoms with Crippen LogP contribution in [-0.2, 0) is 14.3 Å². The van der Waals surface area contributed by atoms with Gasteiger partial charge in [-0.3, -0.25) is 19.8 Å². The van der Waals surface area contributed by atoms with Gasteiger partial charge >= 0.3 is 5.97 Å². The predicted octanol–water partition coefficient (Wildman–Crippen LogP) is 0.459. The van der Waals surface area contributed by atoms with Crippen LogP contribution in [0.15, 0.2) is 24.3 Å². The number of piperidine rings is 1. The number of nitrogens with zero attached hydrogens (tertiary/aromatic N) is 1. The Morgan fingerprint density at radius 3 is 2.31 bits per heavy atom. The van der Waals surface area contributed by atoms with Crippen molar-refractivity contribution in [3.8, 4) is 0 Å². The van der Waals surface area contributed by atoms with E-state index in [9.17, 15) is 14.4 Å². The summed E-state index contributed by atoms with van der Waals surface area (Å²) in [5, 5.41) is 10.00. The van der Waals surface area contributed by atoms with Crippen LogP contribution in [0.2, 0.25) is 0 Å². The fraction of sp³-hybridized carbons (Fsp3) is 0.389. The minimum absolute atomic E-state index is 0.0956. The third kappa shape index (κ3) is 5.30. The molecule has 1 aliphatic heterocycles. The molecule has 0 aliphatic carbocycles. The Kier molecular flexibility index (Phi) is 6.71. The van der Waals surface area contributed by atoms with E-state index < -0.39 is 17.9 Å². The molecule has 0 spiro atoms. The van der Waals surface area contributed by atoms with E-state index in [-0.39, 0.29) is 18.3 Å². The number of nitrogens with two attached hydrogens (primary N) is 1. The molecule has 1 aromatic carbocycles. The van der Waals surface area contributed by atoms with E-state index >= 15 is 0 Å². The van der Waals surface area contributed by atoms with Gasteiger partial charge in [0.25, 0.3) is 5.91 Å². The molecular weight excluding hydrogens is 336 g/mol. The van der Waals surface area contributed by atoms with Crippen molar-refractivity contribution >= 4 is 23.6 Å². The smallest absolute Gasteiger partial charge is 0.302 e. The third-order valence-corrected chi connectivity index (χ3v) is 4.03. The van der Waals surface area contributed by atoms with Gasteiger partial charge in [-0.2, -0.15) is 0 Å². The quantitative estimate of drug-likeness (QED) is 0.386. The number of carbonyl (C=O) groups is 3. The van der Waals surface area contributed by atoms with Gasteiger partial charge in [-0.1, -0.05) is 12.1 Å². The Labute approximate surface area is 152 Å². The number of hydrogen-bond acceptors (Lipinski definition) is 5. The van der Waals surface area contributed by atoms with Crippen molar-refractivity contribution in [3.63, 3.8) is 0 Å². The first kappa shape index (κ1) is 19.4. The molecule has 1 aliphatic rings. The minimum atomic E-state index is -0.947. The molecule has 1 fully saturated rings. The molecule has 26 heavy (non-hydrogen) atoms. The lowest BCUT2D eigenvalue weighted by Crippen LogP contribution is -2.52. The molecule has 139 valence electrons. The monoisotopic (exact) mass is 359 g/mol. The van der Waals surface area contributed by atoms with Crippen LogP contribution in [0.5, 0.6) is 0 Å². The Morgan fingerprint density at radius 2 is 1.77 bits per heavy atom. The number of ether oxygens (including phenoxy) is 1. The number of rotatable bonds is 6. The summed E-state index contributed by atoms with van der Waals surface area (Å²) in [6.45, 7) is 2.20. The SMILES string of the molecule is CC(=O)OC[C@H](NC(=O)c1ccc(C(=N)N)cc1)C(=O)N1CC[CH]CC1. The molecular formula is C18H23N4O4. The first-order valence-corrected chi connectivity index (χ1v) is 8.37. The first-order chi connectivity index (χ1) is 12.4. The second-order valence-corrected chi connectivity index (χ2v) is 6.01. The molecule has 8 heteroatoms. The van der Waals surface area contributed by atoms with Crippen LogP contribution in [0.1, 0.15) is 35.7 Å². The lowest BCUT2D eigenvalue weighted by molar-refractivity contribution is -0.144. The summed E-state index contributed by atoms with van der Waals surface area (Å²) in [4.78, 5) is 37.9. The maximum Gasteiger partial charge on any atom is 0.302 e. The second-order valence-electron chi connectivity index (χ2n) is 6.01. The summed E-state index contributed by atoms with van der Waals surface area (Å²) in [7, 11) is 0. The van der Waals surface area contributed by atoms with Crippen molar-refractivity contribution in [2.45, 2.75) is 25.8 Å². The number of amidine groups is 1. The zero-order chi connectivity index (χ0) is 19.1. The van der Waals surface area contributed by atoms with E-state index in [0.717, 1.165) is 12.8 Å². The Morgan fingerprint density at radius 1 is 1.19 bits per heavy atom. The largest absolute Gasteiger partial charge is 0.463 e. The van der Waals surface area contributed by atoms with Crippen LogP contribution < -0.4 is 11.1 Å². The van der Waals surface area contributed by atoms with Gasteiger partial charge in [0.2, 0.25) is 5.91 Å². The fourth-order valence-corrected chi connectivity index (χ4v) is 2.61. The van der Waals surface area contributed by atoms with Gasteiger partial charge in [0, 0.05) is 31.1 Å². The van der Waals surface area contributed by atoms with Crippen molar-refractivity contribution in [2.24, 2.45) is 5.73 Å². The van der Waals surface area contributed by atoms with E-state index in [2.05, 4.69) is 11.7 Å². The summed E-state index contributed by atoms with van der Waals surface area (Å²) >= 11 is 0. The summed E-state index contributed by atoms with van der Waals surface area (Å²) in [5.74, 6) is -1.35. The van der Waals surface area contributed by atoms with Gasteiger partial charge in [0.15, 0.2) is 0 Å². The molecule has 1 atom stereocenters. The van der Waals surface area contributed by atoms with Gasteiger partial charge in [-0.05, 0) is 31.4 Å². The summed E-state index contributed by atoms with van der Waals surface area (Å²) in [6.07, 6.45) is 3.71. The number of likely N-dealkylation sites (tertiary alicyclic amines) is 1. The fourth-order valence-electron chi connectivity index (χ4n) is 2.61. The molecule has 2 amide bonds. The molecule has 1 aromatic rings. The Balaban J connectivity index is 2.08. The molecule has 4 N–H and O–H groups in total. The Hall–Kier alpha value is -2.90.